The highest BCUT2D eigenvalue weighted by Crippen LogP contribution is 2.48. The van der Waals surface area contributed by atoms with E-state index in [9.17, 15) is 22.7 Å². The number of halogens is 6. The first kappa shape index (κ1) is 31.2. The summed E-state index contributed by atoms with van der Waals surface area (Å²) in [6, 6.07) is 4.17. The van der Waals surface area contributed by atoms with Crippen LogP contribution in [0.15, 0.2) is 29.2 Å². The highest BCUT2D eigenvalue weighted by Gasteiger charge is 2.50. The lowest BCUT2D eigenvalue weighted by atomic mass is 9.95. The zero-order valence-electron chi connectivity index (χ0n) is 25.9. The van der Waals surface area contributed by atoms with Gasteiger partial charge in [0.1, 0.15) is 53.4 Å². The Morgan fingerprint density at radius 2 is 1.96 bits per heavy atom. The average Bonchev–Trinajstić information content (AvgIpc) is 3.68. The number of nitrogens with zero attached hydrogens (tertiary/aromatic N) is 5. The molecule has 9 rings (SSSR count). The quantitative estimate of drug-likeness (QED) is 0.188. The van der Waals surface area contributed by atoms with Gasteiger partial charge in [0.25, 0.3) is 0 Å². The summed E-state index contributed by atoms with van der Waals surface area (Å²) in [6.45, 7) is 1.84. The monoisotopic (exact) mass is 704 g/mol. The molecule has 5 aliphatic rings. The minimum absolute atomic E-state index is 0.0472. The van der Waals surface area contributed by atoms with Crippen LogP contribution in [0.3, 0.4) is 0 Å². The number of hydrogen-bond acceptors (Lipinski definition) is 10. The fourth-order valence-electron chi connectivity index (χ4n) is 8.60. The Morgan fingerprint density at radius 1 is 1.10 bits per heavy atom. The van der Waals surface area contributed by atoms with Gasteiger partial charge in [0.15, 0.2) is 5.82 Å². The van der Waals surface area contributed by atoms with Crippen molar-refractivity contribution in [2.45, 2.75) is 72.3 Å². The second-order valence-electron chi connectivity index (χ2n) is 13.6. The summed E-state index contributed by atoms with van der Waals surface area (Å²) in [6.07, 6.45) is 2.77. The van der Waals surface area contributed by atoms with Gasteiger partial charge in [-0.25, -0.2) is 18.2 Å². The number of pyridine rings is 1. The predicted molar refractivity (Wildman–Crippen MR) is 169 cm³/mol. The van der Waals surface area contributed by atoms with Gasteiger partial charge < -0.3 is 24.8 Å². The van der Waals surface area contributed by atoms with Crippen molar-refractivity contribution >= 4 is 39.3 Å². The Balaban J connectivity index is 1.24. The zero-order valence-corrected chi connectivity index (χ0v) is 26.7. The number of rotatable bonds is 5. The minimum atomic E-state index is -4.87. The summed E-state index contributed by atoms with van der Waals surface area (Å²) in [5, 5.41) is 14.1. The van der Waals surface area contributed by atoms with Crippen molar-refractivity contribution in [3.05, 3.63) is 35.9 Å². The summed E-state index contributed by atoms with van der Waals surface area (Å²) in [7, 11) is 0. The first-order valence-corrected chi connectivity index (χ1v) is 17.1. The first-order chi connectivity index (χ1) is 23.5. The lowest BCUT2D eigenvalue weighted by molar-refractivity contribution is -0.0328. The molecule has 0 radical (unpaired) electrons. The molecule has 5 aliphatic heterocycles. The third kappa shape index (κ3) is 5.11. The van der Waals surface area contributed by atoms with Gasteiger partial charge >= 0.3 is 11.5 Å². The molecule has 0 unspecified atom stereocenters. The number of phenolic OH excluding ortho intramolecular Hbond substituents is 1. The van der Waals surface area contributed by atoms with Gasteiger partial charge in [-0.1, -0.05) is 6.07 Å². The maximum atomic E-state index is 17.1. The molecule has 5 atom stereocenters. The topological polar surface area (TPSA) is 95.9 Å². The second-order valence-corrected chi connectivity index (χ2v) is 14.7. The normalized spacial score (nSPS) is 27.8. The molecule has 0 amide bonds. The fraction of sp³-hybridized carbons (Fsp3) is 0.485. The summed E-state index contributed by atoms with van der Waals surface area (Å²) in [4.78, 5) is 17.1. The maximum absolute atomic E-state index is 17.1. The van der Waals surface area contributed by atoms with Crippen molar-refractivity contribution in [2.75, 3.05) is 37.7 Å². The number of thioether (sulfide) groups is 1. The van der Waals surface area contributed by atoms with Gasteiger partial charge in [-0.05, 0) is 67.6 Å². The number of aromatic hydroxyl groups is 1. The predicted octanol–water partition coefficient (Wildman–Crippen LogP) is 6.10. The standard InChI is InChI=1S/C33H30F6N6O3S/c34-16-10-32(6-1-7-44(32)11-16)14-48-31-42-27-24-29(43-31)45-12-17-3-5-21(40-17)22(45)13-47-30(24)41-26(25(27)36)19-9-18(46)8-15-2-4-20(35)28(23(15)19)49-33(37,38)39/h2,4,8-9,16-17,21-22,40,46H,1,3,5-7,10-14H2/t16-,17-,21+,22-,32+/m1/s1. The van der Waals surface area contributed by atoms with E-state index in [1.807, 2.05) is 0 Å². The molecule has 16 heteroatoms. The number of piperazine rings is 1. The molecule has 2 N–H and O–H groups in total. The number of anilines is 1. The fourth-order valence-corrected chi connectivity index (χ4v) is 9.33. The summed E-state index contributed by atoms with van der Waals surface area (Å²) in [5.41, 5.74) is -6.40. The van der Waals surface area contributed by atoms with E-state index in [1.165, 1.54) is 12.1 Å². The molecule has 4 saturated heterocycles. The van der Waals surface area contributed by atoms with Crippen molar-refractivity contribution < 1.29 is 40.9 Å². The molecule has 7 heterocycles. The van der Waals surface area contributed by atoms with Crippen molar-refractivity contribution in [1.29, 1.82) is 0 Å². The van der Waals surface area contributed by atoms with E-state index in [0.29, 0.717) is 25.3 Å². The van der Waals surface area contributed by atoms with Crippen LogP contribution in [-0.2, 0) is 0 Å². The number of phenols is 1. The molecule has 0 spiro atoms. The lowest BCUT2D eigenvalue weighted by Crippen LogP contribution is -2.60. The van der Waals surface area contributed by atoms with Gasteiger partial charge in [0.2, 0.25) is 5.88 Å². The van der Waals surface area contributed by atoms with Crippen molar-refractivity contribution in [3.8, 4) is 28.9 Å². The zero-order chi connectivity index (χ0) is 33.8. The van der Waals surface area contributed by atoms with E-state index in [2.05, 4.69) is 25.1 Å². The second kappa shape index (κ2) is 11.1. The number of aromatic nitrogens is 3. The highest BCUT2D eigenvalue weighted by molar-refractivity contribution is 8.00. The molecule has 4 fully saturated rings. The molecular weight excluding hydrogens is 674 g/mol. The molecule has 4 aromatic rings. The summed E-state index contributed by atoms with van der Waals surface area (Å²) in [5.74, 6) is -2.28. The minimum Gasteiger partial charge on any atom is -0.508 e. The summed E-state index contributed by atoms with van der Waals surface area (Å²) < 4.78 is 100. The van der Waals surface area contributed by atoms with E-state index in [1.54, 1.807) is 0 Å². The average molecular weight is 705 g/mol. The molecule has 2 aromatic carbocycles. The Morgan fingerprint density at radius 3 is 2.80 bits per heavy atom. The van der Waals surface area contributed by atoms with Crippen LogP contribution in [0, 0.1) is 11.6 Å². The maximum Gasteiger partial charge on any atom is 0.446 e. The third-order valence-electron chi connectivity index (χ3n) is 10.6. The number of hydrogen-bond donors (Lipinski definition) is 2. The number of ether oxygens (including phenoxy) is 2. The van der Waals surface area contributed by atoms with Crippen LogP contribution in [0.1, 0.15) is 32.1 Å². The third-order valence-corrected chi connectivity index (χ3v) is 11.5. The smallest absolute Gasteiger partial charge is 0.446 e. The van der Waals surface area contributed by atoms with Crippen molar-refractivity contribution in [2.24, 2.45) is 0 Å². The highest BCUT2D eigenvalue weighted by atomic mass is 32.2. The molecule has 258 valence electrons. The number of alkyl halides is 4. The number of nitrogens with one attached hydrogen (secondary N) is 1. The van der Waals surface area contributed by atoms with Crippen LogP contribution in [0.2, 0.25) is 0 Å². The molecule has 0 aliphatic carbocycles. The van der Waals surface area contributed by atoms with Crippen molar-refractivity contribution in [3.63, 3.8) is 0 Å². The SMILES string of the molecule is Oc1cc(-c2nc3c4c(nc(OC[C@@]56CCCN5C[C@H](F)C6)nc4c2F)N2C[C@H]4CC[C@H](N4)[C@H]2CO3)c2c(SC(F)(F)F)c(F)ccc2c1. The van der Waals surface area contributed by atoms with Crippen LogP contribution < -0.4 is 19.7 Å². The van der Waals surface area contributed by atoms with E-state index < -0.39 is 51.2 Å². The first-order valence-electron chi connectivity index (χ1n) is 16.3. The van der Waals surface area contributed by atoms with E-state index in [4.69, 9.17) is 14.5 Å². The van der Waals surface area contributed by atoms with Gasteiger partial charge in [0, 0.05) is 42.5 Å². The molecular formula is C33H30F6N6O3S. The Bertz CT molecular complexity index is 2020. The van der Waals surface area contributed by atoms with E-state index >= 15 is 8.78 Å². The molecule has 2 bridgehead atoms. The van der Waals surface area contributed by atoms with Gasteiger partial charge in [-0.3, -0.25) is 4.90 Å². The molecule has 0 saturated carbocycles. The van der Waals surface area contributed by atoms with Gasteiger partial charge in [-0.2, -0.15) is 23.1 Å². The van der Waals surface area contributed by atoms with Crippen LogP contribution in [0.4, 0.5) is 32.2 Å². The van der Waals surface area contributed by atoms with Crippen LogP contribution >= 0.6 is 11.8 Å². The van der Waals surface area contributed by atoms with Crippen LogP contribution in [0.25, 0.3) is 32.9 Å². The van der Waals surface area contributed by atoms with E-state index in [-0.39, 0.29) is 76.2 Å². The summed E-state index contributed by atoms with van der Waals surface area (Å²) >= 11 is -0.672. The van der Waals surface area contributed by atoms with Crippen LogP contribution in [-0.4, -0.2) is 93.2 Å². The number of fused-ring (bicyclic) bond motifs is 7. The van der Waals surface area contributed by atoms with Gasteiger partial charge in [-0.15, -0.1) is 0 Å². The number of benzene rings is 2. The van der Waals surface area contributed by atoms with Crippen molar-refractivity contribution in [1.82, 2.24) is 25.2 Å². The Kier molecular flexibility index (Phi) is 7.09. The molecule has 9 nitrogen and oxygen atoms in total. The molecule has 2 aromatic heterocycles. The Hall–Kier alpha value is -3.76. The molecule has 49 heavy (non-hydrogen) atoms. The van der Waals surface area contributed by atoms with Crippen LogP contribution in [0.5, 0.6) is 17.6 Å². The lowest BCUT2D eigenvalue weighted by Gasteiger charge is -2.40. The van der Waals surface area contributed by atoms with E-state index in [0.717, 1.165) is 44.4 Å². The van der Waals surface area contributed by atoms with Gasteiger partial charge in [0.05, 0.1) is 16.5 Å². The Labute approximate surface area is 280 Å². The largest absolute Gasteiger partial charge is 0.508 e.